The Bertz CT molecular complexity index is 758. The number of aromatic hydroxyl groups is 1. The molecule has 0 saturated carbocycles. The van der Waals surface area contributed by atoms with E-state index >= 15 is 0 Å². The standard InChI is InChI=1S/C16H14N2O2/c19-15-14(13-9-5-2-6-10-13)18(16(20)17-15)11-12-7-3-1-4-8-12/h1-10,19H,11H2,(H,17,20). The fourth-order valence-corrected chi connectivity index (χ4v) is 2.26. The van der Waals surface area contributed by atoms with Crippen molar-refractivity contribution < 1.29 is 5.11 Å². The van der Waals surface area contributed by atoms with Crippen LogP contribution >= 0.6 is 0 Å². The van der Waals surface area contributed by atoms with E-state index in [-0.39, 0.29) is 11.6 Å². The maximum atomic E-state index is 12.0. The lowest BCUT2D eigenvalue weighted by Crippen LogP contribution is -2.18. The Kier molecular flexibility index (Phi) is 3.13. The summed E-state index contributed by atoms with van der Waals surface area (Å²) in [6.45, 7) is 0.418. The molecule has 4 nitrogen and oxygen atoms in total. The number of rotatable bonds is 3. The van der Waals surface area contributed by atoms with E-state index < -0.39 is 0 Å². The minimum atomic E-state index is -0.315. The van der Waals surface area contributed by atoms with Crippen LogP contribution in [0, 0.1) is 0 Å². The van der Waals surface area contributed by atoms with Crippen LogP contribution in [0.25, 0.3) is 11.3 Å². The van der Waals surface area contributed by atoms with E-state index in [0.29, 0.717) is 12.2 Å². The molecule has 2 aromatic carbocycles. The summed E-state index contributed by atoms with van der Waals surface area (Å²) >= 11 is 0. The largest absolute Gasteiger partial charge is 0.493 e. The van der Waals surface area contributed by atoms with Crippen molar-refractivity contribution in [3.63, 3.8) is 0 Å². The van der Waals surface area contributed by atoms with Crippen LogP contribution in [0.15, 0.2) is 65.5 Å². The Hall–Kier alpha value is -2.75. The monoisotopic (exact) mass is 266 g/mol. The van der Waals surface area contributed by atoms with Gasteiger partial charge in [-0.05, 0) is 5.56 Å². The SMILES string of the molecule is O=c1[nH]c(O)c(-c2ccccc2)n1Cc1ccccc1. The molecule has 4 heteroatoms. The molecule has 0 spiro atoms. The third-order valence-corrected chi connectivity index (χ3v) is 3.20. The molecule has 1 heterocycles. The van der Waals surface area contributed by atoms with Crippen LogP contribution in [0.4, 0.5) is 0 Å². The van der Waals surface area contributed by atoms with Crippen LogP contribution in [-0.2, 0) is 6.54 Å². The van der Waals surface area contributed by atoms with E-state index in [2.05, 4.69) is 4.98 Å². The quantitative estimate of drug-likeness (QED) is 0.765. The number of aromatic amines is 1. The minimum Gasteiger partial charge on any atom is -0.493 e. The molecule has 0 aliphatic carbocycles. The average Bonchev–Trinajstić information content (AvgIpc) is 2.75. The highest BCUT2D eigenvalue weighted by atomic mass is 16.3. The summed E-state index contributed by atoms with van der Waals surface area (Å²) in [7, 11) is 0. The van der Waals surface area contributed by atoms with E-state index in [1.165, 1.54) is 0 Å². The molecule has 0 aliphatic heterocycles. The summed E-state index contributed by atoms with van der Waals surface area (Å²) in [6.07, 6.45) is 0. The van der Waals surface area contributed by atoms with Crippen LogP contribution in [0.1, 0.15) is 5.56 Å². The summed E-state index contributed by atoms with van der Waals surface area (Å²) in [5.41, 5.74) is 2.01. The number of nitrogens with one attached hydrogen (secondary N) is 1. The van der Waals surface area contributed by atoms with Gasteiger partial charge in [0, 0.05) is 5.56 Å². The van der Waals surface area contributed by atoms with E-state index in [9.17, 15) is 9.90 Å². The van der Waals surface area contributed by atoms with Gasteiger partial charge in [0.25, 0.3) is 0 Å². The minimum absolute atomic E-state index is 0.0999. The highest BCUT2D eigenvalue weighted by Crippen LogP contribution is 2.26. The molecule has 2 N–H and O–H groups in total. The molecule has 0 atom stereocenters. The van der Waals surface area contributed by atoms with Gasteiger partial charge in [-0.3, -0.25) is 9.55 Å². The Balaban J connectivity index is 2.10. The zero-order valence-corrected chi connectivity index (χ0v) is 10.8. The number of H-pyrrole nitrogens is 1. The van der Waals surface area contributed by atoms with Gasteiger partial charge in [0.05, 0.1) is 6.54 Å². The van der Waals surface area contributed by atoms with E-state index in [4.69, 9.17) is 0 Å². The Labute approximate surface area is 116 Å². The fourth-order valence-electron chi connectivity index (χ4n) is 2.26. The topological polar surface area (TPSA) is 58.0 Å². The van der Waals surface area contributed by atoms with E-state index in [0.717, 1.165) is 11.1 Å². The smallest absolute Gasteiger partial charge is 0.329 e. The molecule has 0 aliphatic rings. The first-order valence-electron chi connectivity index (χ1n) is 6.37. The van der Waals surface area contributed by atoms with Gasteiger partial charge < -0.3 is 5.11 Å². The van der Waals surface area contributed by atoms with Gasteiger partial charge in [-0.25, -0.2) is 4.79 Å². The highest BCUT2D eigenvalue weighted by molar-refractivity contribution is 5.64. The van der Waals surface area contributed by atoms with Gasteiger partial charge in [0.2, 0.25) is 5.88 Å². The second kappa shape index (κ2) is 5.09. The van der Waals surface area contributed by atoms with Gasteiger partial charge in [-0.1, -0.05) is 60.7 Å². The third-order valence-electron chi connectivity index (χ3n) is 3.20. The predicted molar refractivity (Wildman–Crippen MR) is 77.7 cm³/mol. The molecule has 100 valence electrons. The molecule has 0 fully saturated rings. The molecular weight excluding hydrogens is 252 g/mol. The normalized spacial score (nSPS) is 10.6. The average molecular weight is 266 g/mol. The van der Waals surface area contributed by atoms with Crippen molar-refractivity contribution in [3.05, 3.63) is 76.7 Å². The van der Waals surface area contributed by atoms with Gasteiger partial charge >= 0.3 is 5.69 Å². The summed E-state index contributed by atoms with van der Waals surface area (Å²) in [6, 6.07) is 19.1. The Morgan fingerprint density at radius 2 is 1.55 bits per heavy atom. The molecule has 0 bridgehead atoms. The van der Waals surface area contributed by atoms with Crippen molar-refractivity contribution in [1.82, 2.24) is 9.55 Å². The number of hydrogen-bond donors (Lipinski definition) is 2. The number of aromatic nitrogens is 2. The highest BCUT2D eigenvalue weighted by Gasteiger charge is 2.15. The summed E-state index contributed by atoms with van der Waals surface area (Å²) in [4.78, 5) is 14.4. The summed E-state index contributed by atoms with van der Waals surface area (Å²) < 4.78 is 1.54. The lowest BCUT2D eigenvalue weighted by Gasteiger charge is -2.07. The third kappa shape index (κ3) is 2.23. The van der Waals surface area contributed by atoms with Crippen LogP contribution in [-0.4, -0.2) is 14.7 Å². The Morgan fingerprint density at radius 1 is 0.950 bits per heavy atom. The van der Waals surface area contributed by atoms with Gasteiger partial charge in [0.1, 0.15) is 5.69 Å². The van der Waals surface area contributed by atoms with E-state index in [1.807, 2.05) is 60.7 Å². The molecule has 1 aromatic heterocycles. The molecular formula is C16H14N2O2. The van der Waals surface area contributed by atoms with Gasteiger partial charge in [0.15, 0.2) is 0 Å². The summed E-state index contributed by atoms with van der Waals surface area (Å²) in [5.74, 6) is -0.0999. The van der Waals surface area contributed by atoms with Crippen LogP contribution in [0.5, 0.6) is 5.88 Å². The van der Waals surface area contributed by atoms with Crippen LogP contribution in [0.3, 0.4) is 0 Å². The maximum Gasteiger partial charge on any atom is 0.329 e. The molecule has 0 saturated heterocycles. The van der Waals surface area contributed by atoms with Crippen molar-refractivity contribution in [3.8, 4) is 17.1 Å². The second-order valence-corrected chi connectivity index (χ2v) is 4.57. The fraction of sp³-hybridized carbons (Fsp3) is 0.0625. The first-order chi connectivity index (χ1) is 9.75. The van der Waals surface area contributed by atoms with Crippen molar-refractivity contribution in [1.29, 1.82) is 0 Å². The van der Waals surface area contributed by atoms with Gasteiger partial charge in [-0.15, -0.1) is 0 Å². The Morgan fingerprint density at radius 3 is 2.20 bits per heavy atom. The molecule has 20 heavy (non-hydrogen) atoms. The number of benzene rings is 2. The first kappa shape index (κ1) is 12.3. The molecule has 0 radical (unpaired) electrons. The van der Waals surface area contributed by atoms with Crippen molar-refractivity contribution in [2.24, 2.45) is 0 Å². The lowest BCUT2D eigenvalue weighted by molar-refractivity contribution is 0.457. The molecule has 0 unspecified atom stereocenters. The zero-order valence-electron chi connectivity index (χ0n) is 10.8. The number of nitrogens with zero attached hydrogens (tertiary/aromatic N) is 1. The van der Waals surface area contributed by atoms with E-state index in [1.54, 1.807) is 4.57 Å². The molecule has 0 amide bonds. The zero-order chi connectivity index (χ0) is 13.9. The van der Waals surface area contributed by atoms with Crippen molar-refractivity contribution in [2.45, 2.75) is 6.54 Å². The molecule has 3 aromatic rings. The maximum absolute atomic E-state index is 12.0. The summed E-state index contributed by atoms with van der Waals surface area (Å²) in [5, 5.41) is 9.97. The van der Waals surface area contributed by atoms with Gasteiger partial charge in [-0.2, -0.15) is 0 Å². The lowest BCUT2D eigenvalue weighted by atomic mass is 10.1. The van der Waals surface area contributed by atoms with Crippen molar-refractivity contribution in [2.75, 3.05) is 0 Å². The van der Waals surface area contributed by atoms with Crippen LogP contribution in [0.2, 0.25) is 0 Å². The van der Waals surface area contributed by atoms with Crippen molar-refractivity contribution >= 4 is 0 Å². The first-order valence-corrected chi connectivity index (χ1v) is 6.37. The van der Waals surface area contributed by atoms with Crippen LogP contribution < -0.4 is 5.69 Å². The second-order valence-electron chi connectivity index (χ2n) is 4.57. The number of hydrogen-bond acceptors (Lipinski definition) is 2. The predicted octanol–water partition coefficient (Wildman–Crippen LogP) is 2.60. The number of imidazole rings is 1. The molecule has 3 rings (SSSR count).